The third-order valence-corrected chi connectivity index (χ3v) is 3.94. The van der Waals surface area contributed by atoms with Gasteiger partial charge in [-0.15, -0.1) is 0 Å². The molecule has 3 heterocycles. The Labute approximate surface area is 128 Å². The van der Waals surface area contributed by atoms with E-state index < -0.39 is 0 Å². The Kier molecular flexibility index (Phi) is 4.15. The van der Waals surface area contributed by atoms with Gasteiger partial charge in [-0.3, -0.25) is 19.4 Å². The van der Waals surface area contributed by atoms with Crippen LogP contribution in [0.1, 0.15) is 24.6 Å². The highest BCUT2D eigenvalue weighted by molar-refractivity contribution is 5.78. The molecule has 0 spiro atoms. The van der Waals surface area contributed by atoms with Gasteiger partial charge in [0, 0.05) is 26.9 Å². The normalized spacial score (nSPS) is 17.9. The molecule has 0 radical (unpaired) electrons. The van der Waals surface area contributed by atoms with E-state index in [0.29, 0.717) is 0 Å². The zero-order valence-corrected chi connectivity index (χ0v) is 12.8. The Hall–Kier alpha value is -2.28. The molecule has 2 aromatic heterocycles. The van der Waals surface area contributed by atoms with Crippen molar-refractivity contribution in [2.45, 2.75) is 18.9 Å². The molecule has 0 aromatic carbocycles. The quantitative estimate of drug-likeness (QED) is 0.848. The lowest BCUT2D eigenvalue weighted by Crippen LogP contribution is -2.33. The standard InChI is InChI=1S/C15H19N5O2/c1-19-13(5-6-18-19)11-8-17-12(9-16-11)14-4-3-7-20(14)15(21)10-22-2/h5-6,8-9,14H,3-4,7,10H2,1-2H3/t14-/m1/s1. The SMILES string of the molecule is COCC(=O)N1CCC[C@@H]1c1cnc(-c2ccnn2C)cn1. The van der Waals surface area contributed by atoms with Crippen LogP contribution in [-0.4, -0.2) is 50.8 Å². The monoisotopic (exact) mass is 301 g/mol. The molecule has 1 aliphatic rings. The first-order valence-corrected chi connectivity index (χ1v) is 7.29. The van der Waals surface area contributed by atoms with Gasteiger partial charge in [0.05, 0.1) is 29.8 Å². The van der Waals surface area contributed by atoms with E-state index in [4.69, 9.17) is 4.74 Å². The topological polar surface area (TPSA) is 73.1 Å². The van der Waals surface area contributed by atoms with Crippen LogP contribution in [0.3, 0.4) is 0 Å². The number of hydrogen-bond acceptors (Lipinski definition) is 5. The lowest BCUT2D eigenvalue weighted by molar-refractivity contribution is -0.136. The van der Waals surface area contributed by atoms with E-state index in [1.165, 1.54) is 7.11 Å². The molecule has 3 rings (SSSR count). The number of amides is 1. The van der Waals surface area contributed by atoms with E-state index in [2.05, 4.69) is 15.1 Å². The summed E-state index contributed by atoms with van der Waals surface area (Å²) in [5.74, 6) is 0.00233. The number of ether oxygens (including phenoxy) is 1. The third-order valence-electron chi connectivity index (χ3n) is 3.94. The minimum Gasteiger partial charge on any atom is -0.375 e. The van der Waals surface area contributed by atoms with E-state index in [9.17, 15) is 4.79 Å². The zero-order chi connectivity index (χ0) is 15.5. The number of aryl methyl sites for hydroxylation is 1. The van der Waals surface area contributed by atoms with Gasteiger partial charge in [-0.25, -0.2) is 0 Å². The fourth-order valence-corrected chi connectivity index (χ4v) is 2.85. The number of hydrogen-bond donors (Lipinski definition) is 0. The van der Waals surface area contributed by atoms with Gasteiger partial charge in [-0.05, 0) is 18.9 Å². The Balaban J connectivity index is 1.80. The van der Waals surface area contributed by atoms with Gasteiger partial charge in [0.2, 0.25) is 5.91 Å². The molecule has 1 atom stereocenters. The summed E-state index contributed by atoms with van der Waals surface area (Å²) in [6, 6.07) is 1.89. The van der Waals surface area contributed by atoms with Gasteiger partial charge >= 0.3 is 0 Å². The molecular formula is C15H19N5O2. The Bertz CT molecular complexity index is 652. The van der Waals surface area contributed by atoms with Crippen LogP contribution >= 0.6 is 0 Å². The van der Waals surface area contributed by atoms with Crippen LogP contribution in [0.25, 0.3) is 11.4 Å². The van der Waals surface area contributed by atoms with Crippen LogP contribution < -0.4 is 0 Å². The molecule has 0 saturated carbocycles. The van der Waals surface area contributed by atoms with E-state index in [1.807, 2.05) is 18.0 Å². The maximum absolute atomic E-state index is 12.1. The van der Waals surface area contributed by atoms with Crippen molar-refractivity contribution in [3.05, 3.63) is 30.4 Å². The highest BCUT2D eigenvalue weighted by atomic mass is 16.5. The van der Waals surface area contributed by atoms with E-state index >= 15 is 0 Å². The maximum Gasteiger partial charge on any atom is 0.249 e. The predicted molar refractivity (Wildman–Crippen MR) is 79.8 cm³/mol. The van der Waals surface area contributed by atoms with Crippen LogP contribution in [-0.2, 0) is 16.6 Å². The highest BCUT2D eigenvalue weighted by Gasteiger charge is 2.30. The minimum absolute atomic E-state index is 0.00233. The number of carbonyl (C=O) groups excluding carboxylic acids is 1. The van der Waals surface area contributed by atoms with Crippen LogP contribution in [0.2, 0.25) is 0 Å². The number of rotatable bonds is 4. The zero-order valence-electron chi connectivity index (χ0n) is 12.8. The van der Waals surface area contributed by atoms with Gasteiger partial charge in [-0.1, -0.05) is 0 Å². The number of nitrogens with zero attached hydrogens (tertiary/aromatic N) is 5. The first-order chi connectivity index (χ1) is 10.7. The fourth-order valence-electron chi connectivity index (χ4n) is 2.85. The van der Waals surface area contributed by atoms with Crippen molar-refractivity contribution in [3.63, 3.8) is 0 Å². The van der Waals surface area contributed by atoms with Gasteiger partial charge < -0.3 is 9.64 Å². The summed E-state index contributed by atoms with van der Waals surface area (Å²) < 4.78 is 6.70. The number of methoxy groups -OCH3 is 1. The maximum atomic E-state index is 12.1. The van der Waals surface area contributed by atoms with E-state index in [0.717, 1.165) is 36.5 Å². The van der Waals surface area contributed by atoms with Gasteiger partial charge in [-0.2, -0.15) is 5.10 Å². The summed E-state index contributed by atoms with van der Waals surface area (Å²) in [6.45, 7) is 0.856. The molecule has 0 bridgehead atoms. The average Bonchev–Trinajstić information content (AvgIpc) is 3.16. The predicted octanol–water partition coefficient (Wildman–Crippen LogP) is 1.19. The Morgan fingerprint density at radius 2 is 2.27 bits per heavy atom. The lowest BCUT2D eigenvalue weighted by Gasteiger charge is -2.23. The molecule has 1 fully saturated rings. The third kappa shape index (κ3) is 2.71. The largest absolute Gasteiger partial charge is 0.375 e. The average molecular weight is 301 g/mol. The molecule has 116 valence electrons. The molecule has 1 amide bonds. The van der Waals surface area contributed by atoms with Gasteiger partial charge in [0.15, 0.2) is 0 Å². The van der Waals surface area contributed by atoms with Crippen LogP contribution in [0.5, 0.6) is 0 Å². The van der Waals surface area contributed by atoms with Crippen molar-refractivity contribution < 1.29 is 9.53 Å². The van der Waals surface area contributed by atoms with Crippen molar-refractivity contribution >= 4 is 5.91 Å². The molecule has 1 aliphatic heterocycles. The van der Waals surface area contributed by atoms with Gasteiger partial charge in [0.25, 0.3) is 0 Å². The van der Waals surface area contributed by atoms with Crippen LogP contribution in [0.4, 0.5) is 0 Å². The molecule has 7 nitrogen and oxygen atoms in total. The van der Waals surface area contributed by atoms with Crippen LogP contribution in [0.15, 0.2) is 24.7 Å². The summed E-state index contributed by atoms with van der Waals surface area (Å²) in [6.07, 6.45) is 7.11. The second kappa shape index (κ2) is 6.23. The van der Waals surface area contributed by atoms with Crippen molar-refractivity contribution in [1.82, 2.24) is 24.6 Å². The smallest absolute Gasteiger partial charge is 0.249 e. The second-order valence-corrected chi connectivity index (χ2v) is 5.34. The molecular weight excluding hydrogens is 282 g/mol. The molecule has 7 heteroatoms. The summed E-state index contributed by atoms with van der Waals surface area (Å²) in [4.78, 5) is 22.9. The highest BCUT2D eigenvalue weighted by Crippen LogP contribution is 2.30. The molecule has 22 heavy (non-hydrogen) atoms. The summed E-state index contributed by atoms with van der Waals surface area (Å²) in [5, 5.41) is 4.13. The van der Waals surface area contributed by atoms with E-state index in [1.54, 1.807) is 23.3 Å². The lowest BCUT2D eigenvalue weighted by atomic mass is 10.1. The molecule has 1 saturated heterocycles. The first kappa shape index (κ1) is 14.6. The van der Waals surface area contributed by atoms with Crippen molar-refractivity contribution in [2.75, 3.05) is 20.3 Å². The number of carbonyl (C=O) groups is 1. The summed E-state index contributed by atoms with van der Waals surface area (Å²) in [5.41, 5.74) is 2.52. The minimum atomic E-state index is -0.00395. The Morgan fingerprint density at radius 3 is 2.91 bits per heavy atom. The summed E-state index contributed by atoms with van der Waals surface area (Å²) in [7, 11) is 3.40. The first-order valence-electron chi connectivity index (χ1n) is 7.29. The second-order valence-electron chi connectivity index (χ2n) is 5.34. The van der Waals surface area contributed by atoms with Crippen LogP contribution in [0, 0.1) is 0 Å². The molecule has 2 aromatic rings. The van der Waals surface area contributed by atoms with E-state index in [-0.39, 0.29) is 18.6 Å². The number of aromatic nitrogens is 4. The van der Waals surface area contributed by atoms with Gasteiger partial charge in [0.1, 0.15) is 12.3 Å². The molecule has 0 aliphatic carbocycles. The molecule has 0 N–H and O–H groups in total. The fraction of sp³-hybridized carbons (Fsp3) is 0.467. The summed E-state index contributed by atoms with van der Waals surface area (Å²) >= 11 is 0. The van der Waals surface area contributed by atoms with Crippen molar-refractivity contribution in [2.24, 2.45) is 7.05 Å². The van der Waals surface area contributed by atoms with Crippen molar-refractivity contribution in [1.29, 1.82) is 0 Å². The Morgan fingerprint density at radius 1 is 1.41 bits per heavy atom. The molecule has 0 unspecified atom stereocenters. The van der Waals surface area contributed by atoms with Crippen molar-refractivity contribution in [3.8, 4) is 11.4 Å². The number of likely N-dealkylation sites (tertiary alicyclic amines) is 1.